The first-order valence-corrected chi connectivity index (χ1v) is 7.95. The minimum Gasteiger partial charge on any atom is -0.306 e. The van der Waals surface area contributed by atoms with Gasteiger partial charge in [0.05, 0.1) is 4.21 Å². The third-order valence-corrected chi connectivity index (χ3v) is 5.53. The van der Waals surface area contributed by atoms with Crippen LogP contribution < -0.4 is 5.32 Å². The number of aromatic nitrogens is 1. The molecule has 3 rings (SSSR count). The van der Waals surface area contributed by atoms with Crippen molar-refractivity contribution in [3.63, 3.8) is 0 Å². The molecule has 1 aliphatic rings. The normalized spacial score (nSPS) is 22.7. The summed E-state index contributed by atoms with van der Waals surface area (Å²) in [7, 11) is 0. The van der Waals surface area contributed by atoms with Crippen molar-refractivity contribution in [1.82, 2.24) is 10.3 Å². The van der Waals surface area contributed by atoms with Crippen molar-refractivity contribution in [3.05, 3.63) is 47.1 Å². The summed E-state index contributed by atoms with van der Waals surface area (Å²) in [4.78, 5) is 4.16. The van der Waals surface area contributed by atoms with Gasteiger partial charge < -0.3 is 5.32 Å². The lowest BCUT2D eigenvalue weighted by Crippen LogP contribution is -2.26. The molecule has 4 heteroatoms. The Hall–Kier alpha value is -0.840. The lowest BCUT2D eigenvalue weighted by atomic mass is 10.0. The van der Waals surface area contributed by atoms with Gasteiger partial charge in [0.15, 0.2) is 0 Å². The summed E-state index contributed by atoms with van der Waals surface area (Å²) in [6.45, 7) is 3.21. The molecule has 18 heavy (non-hydrogen) atoms. The third-order valence-electron chi connectivity index (χ3n) is 3.19. The van der Waals surface area contributed by atoms with Gasteiger partial charge in [0.2, 0.25) is 0 Å². The fourth-order valence-corrected chi connectivity index (χ4v) is 4.85. The standard InChI is InChI=1S/C14H16N2S2/c1-10-7-13(12-4-6-17-14(12)18-10)16-9-11-3-2-5-15-8-11/h2-6,8,10,13,16H,7,9H2,1H3/t10-,13?/m0/s1. The van der Waals surface area contributed by atoms with E-state index in [-0.39, 0.29) is 0 Å². The molecule has 0 radical (unpaired) electrons. The van der Waals surface area contributed by atoms with Crippen molar-refractivity contribution in [2.24, 2.45) is 0 Å². The Kier molecular flexibility index (Phi) is 3.68. The molecule has 94 valence electrons. The van der Waals surface area contributed by atoms with Gasteiger partial charge in [0.1, 0.15) is 0 Å². The molecule has 0 aliphatic carbocycles. The molecule has 0 fully saturated rings. The van der Waals surface area contributed by atoms with Gasteiger partial charge in [-0.15, -0.1) is 23.1 Å². The van der Waals surface area contributed by atoms with Gasteiger partial charge in [-0.05, 0) is 35.1 Å². The number of thiophene rings is 1. The van der Waals surface area contributed by atoms with Crippen LogP contribution in [0.1, 0.15) is 30.5 Å². The molecule has 0 bridgehead atoms. The van der Waals surface area contributed by atoms with Gasteiger partial charge in [0, 0.05) is 30.2 Å². The van der Waals surface area contributed by atoms with Gasteiger partial charge >= 0.3 is 0 Å². The summed E-state index contributed by atoms with van der Waals surface area (Å²) in [6, 6.07) is 6.87. The molecule has 1 unspecified atom stereocenters. The highest BCUT2D eigenvalue weighted by atomic mass is 32.2. The SMILES string of the molecule is C[C@H]1CC(NCc2cccnc2)c2ccsc2S1. The predicted octanol–water partition coefficient (Wildman–Crippen LogP) is 3.86. The van der Waals surface area contributed by atoms with Crippen molar-refractivity contribution >= 4 is 23.1 Å². The fourth-order valence-electron chi connectivity index (χ4n) is 2.29. The molecule has 2 aromatic heterocycles. The van der Waals surface area contributed by atoms with E-state index in [0.717, 1.165) is 6.54 Å². The van der Waals surface area contributed by atoms with E-state index in [9.17, 15) is 0 Å². The van der Waals surface area contributed by atoms with Crippen LogP contribution in [0.2, 0.25) is 0 Å². The van der Waals surface area contributed by atoms with Crippen molar-refractivity contribution < 1.29 is 0 Å². The number of thioether (sulfide) groups is 1. The summed E-state index contributed by atoms with van der Waals surface area (Å²) < 4.78 is 1.48. The Morgan fingerprint density at radius 1 is 1.44 bits per heavy atom. The molecule has 0 aromatic carbocycles. The molecular weight excluding hydrogens is 260 g/mol. The average Bonchev–Trinajstić information content (AvgIpc) is 2.85. The lowest BCUT2D eigenvalue weighted by Gasteiger charge is -2.27. The molecule has 3 heterocycles. The van der Waals surface area contributed by atoms with Gasteiger partial charge in [-0.1, -0.05) is 13.0 Å². The first-order valence-electron chi connectivity index (χ1n) is 6.19. The van der Waals surface area contributed by atoms with E-state index in [1.807, 2.05) is 41.6 Å². The van der Waals surface area contributed by atoms with E-state index >= 15 is 0 Å². The van der Waals surface area contributed by atoms with Crippen LogP contribution in [0.5, 0.6) is 0 Å². The summed E-state index contributed by atoms with van der Waals surface area (Å²) in [5, 5.41) is 6.56. The highest BCUT2D eigenvalue weighted by Gasteiger charge is 2.25. The van der Waals surface area contributed by atoms with E-state index < -0.39 is 0 Å². The average molecular weight is 276 g/mol. The molecule has 0 amide bonds. The second-order valence-corrected chi connectivity index (χ2v) is 7.25. The van der Waals surface area contributed by atoms with Crippen LogP contribution in [-0.4, -0.2) is 10.2 Å². The van der Waals surface area contributed by atoms with E-state index in [1.165, 1.54) is 21.8 Å². The summed E-state index contributed by atoms with van der Waals surface area (Å²) in [5.74, 6) is 0. The van der Waals surface area contributed by atoms with E-state index in [0.29, 0.717) is 11.3 Å². The number of nitrogens with one attached hydrogen (secondary N) is 1. The molecule has 1 aliphatic heterocycles. The lowest BCUT2D eigenvalue weighted by molar-refractivity contribution is 0.488. The first kappa shape index (κ1) is 12.2. The largest absolute Gasteiger partial charge is 0.306 e. The number of nitrogens with zero attached hydrogens (tertiary/aromatic N) is 1. The van der Waals surface area contributed by atoms with Gasteiger partial charge in [-0.3, -0.25) is 4.98 Å². The first-order chi connectivity index (χ1) is 8.83. The zero-order valence-electron chi connectivity index (χ0n) is 10.3. The molecule has 0 saturated heterocycles. The van der Waals surface area contributed by atoms with Crippen molar-refractivity contribution in [2.45, 2.75) is 35.4 Å². The molecule has 0 spiro atoms. The van der Waals surface area contributed by atoms with Crippen LogP contribution in [0.25, 0.3) is 0 Å². The zero-order valence-corrected chi connectivity index (χ0v) is 11.9. The second-order valence-electron chi connectivity index (χ2n) is 4.62. The number of hydrogen-bond donors (Lipinski definition) is 1. The summed E-state index contributed by atoms with van der Waals surface area (Å²) in [6.07, 6.45) is 4.96. The predicted molar refractivity (Wildman–Crippen MR) is 78.1 cm³/mol. The minimum atomic E-state index is 0.489. The van der Waals surface area contributed by atoms with E-state index in [4.69, 9.17) is 0 Å². The molecule has 1 N–H and O–H groups in total. The van der Waals surface area contributed by atoms with Gasteiger partial charge in [-0.2, -0.15) is 0 Å². The smallest absolute Gasteiger partial charge is 0.0649 e. The van der Waals surface area contributed by atoms with Gasteiger partial charge in [0.25, 0.3) is 0 Å². The Morgan fingerprint density at radius 2 is 2.39 bits per heavy atom. The van der Waals surface area contributed by atoms with E-state index in [1.54, 1.807) is 0 Å². The fraction of sp³-hybridized carbons (Fsp3) is 0.357. The Bertz CT molecular complexity index is 510. The van der Waals surface area contributed by atoms with Crippen molar-refractivity contribution in [2.75, 3.05) is 0 Å². The van der Waals surface area contributed by atoms with Crippen LogP contribution >= 0.6 is 23.1 Å². The molecule has 2 aromatic rings. The number of fused-ring (bicyclic) bond motifs is 1. The van der Waals surface area contributed by atoms with Crippen LogP contribution in [0.3, 0.4) is 0 Å². The maximum absolute atomic E-state index is 4.16. The molecule has 0 saturated carbocycles. The molecule has 2 nitrogen and oxygen atoms in total. The Balaban J connectivity index is 1.71. The second kappa shape index (κ2) is 5.43. The van der Waals surface area contributed by atoms with Crippen molar-refractivity contribution in [3.8, 4) is 0 Å². The molecular formula is C14H16N2S2. The van der Waals surface area contributed by atoms with E-state index in [2.05, 4.69) is 34.7 Å². The Labute approximate surface area is 116 Å². The van der Waals surface area contributed by atoms with Crippen LogP contribution in [-0.2, 0) is 6.54 Å². The summed E-state index contributed by atoms with van der Waals surface area (Å²) in [5.41, 5.74) is 2.73. The maximum atomic E-state index is 4.16. The summed E-state index contributed by atoms with van der Waals surface area (Å²) >= 11 is 3.88. The quantitative estimate of drug-likeness (QED) is 0.921. The highest BCUT2D eigenvalue weighted by molar-refractivity contribution is 8.01. The number of hydrogen-bond acceptors (Lipinski definition) is 4. The monoisotopic (exact) mass is 276 g/mol. The number of pyridine rings is 1. The topological polar surface area (TPSA) is 24.9 Å². The van der Waals surface area contributed by atoms with Crippen LogP contribution in [0.4, 0.5) is 0 Å². The van der Waals surface area contributed by atoms with Crippen LogP contribution in [0.15, 0.2) is 40.2 Å². The minimum absolute atomic E-state index is 0.489. The third kappa shape index (κ3) is 2.60. The van der Waals surface area contributed by atoms with Crippen LogP contribution in [0, 0.1) is 0 Å². The van der Waals surface area contributed by atoms with Gasteiger partial charge in [-0.25, -0.2) is 0 Å². The maximum Gasteiger partial charge on any atom is 0.0649 e. The van der Waals surface area contributed by atoms with Crippen molar-refractivity contribution in [1.29, 1.82) is 0 Å². The number of rotatable bonds is 3. The zero-order chi connectivity index (χ0) is 12.4. The highest BCUT2D eigenvalue weighted by Crippen LogP contribution is 2.43. The Morgan fingerprint density at radius 3 is 3.22 bits per heavy atom. The molecule has 2 atom stereocenters.